The van der Waals surface area contributed by atoms with Crippen LogP contribution in [0.2, 0.25) is 0 Å². The Hall–Kier alpha value is -1.58. The van der Waals surface area contributed by atoms with Crippen LogP contribution in [0.15, 0.2) is 23.1 Å². The summed E-state index contributed by atoms with van der Waals surface area (Å²) in [5, 5.41) is 13.7. The molecule has 0 saturated carbocycles. The lowest BCUT2D eigenvalue weighted by Gasteiger charge is -2.12. The van der Waals surface area contributed by atoms with Crippen molar-refractivity contribution in [3.05, 3.63) is 34.1 Å². The number of benzene rings is 1. The molecule has 1 fully saturated rings. The van der Waals surface area contributed by atoms with Crippen molar-refractivity contribution in [1.82, 2.24) is 10.0 Å². The van der Waals surface area contributed by atoms with Gasteiger partial charge >= 0.3 is 0 Å². The number of nitrogens with one attached hydrogen (secondary N) is 2. The molecular weight excluding hydrogens is 277 g/mol. The van der Waals surface area contributed by atoms with Crippen LogP contribution in [0.4, 0.5) is 10.1 Å². The fraction of sp³-hybridized carbons (Fsp3) is 0.400. The number of nitrogens with zero attached hydrogens (tertiary/aromatic N) is 1. The van der Waals surface area contributed by atoms with E-state index >= 15 is 0 Å². The van der Waals surface area contributed by atoms with Crippen molar-refractivity contribution in [2.45, 2.75) is 17.4 Å². The largest absolute Gasteiger partial charge is 0.315 e. The predicted molar refractivity (Wildman–Crippen MR) is 64.7 cm³/mol. The summed E-state index contributed by atoms with van der Waals surface area (Å²) < 4.78 is 40.0. The molecule has 1 saturated heterocycles. The van der Waals surface area contributed by atoms with Crippen molar-refractivity contribution < 1.29 is 17.7 Å². The SMILES string of the molecule is O=[N+]([O-])c1cccc(F)c1S(=O)(=O)NC1CCNC1. The Labute approximate surface area is 109 Å². The van der Waals surface area contributed by atoms with Crippen LogP contribution in [0.1, 0.15) is 6.42 Å². The first kappa shape index (κ1) is 13.8. The molecule has 2 rings (SSSR count). The van der Waals surface area contributed by atoms with Gasteiger partial charge in [-0.3, -0.25) is 10.1 Å². The molecule has 1 aliphatic heterocycles. The van der Waals surface area contributed by atoms with Crippen LogP contribution < -0.4 is 10.0 Å². The Balaban J connectivity index is 2.41. The first-order valence-corrected chi connectivity index (χ1v) is 7.06. The van der Waals surface area contributed by atoms with E-state index in [0.717, 1.165) is 18.2 Å². The molecule has 1 atom stereocenters. The van der Waals surface area contributed by atoms with Gasteiger partial charge in [-0.1, -0.05) is 6.07 Å². The lowest BCUT2D eigenvalue weighted by atomic mass is 10.3. The minimum atomic E-state index is -4.26. The van der Waals surface area contributed by atoms with Gasteiger partial charge in [-0.2, -0.15) is 0 Å². The molecule has 2 N–H and O–H groups in total. The molecule has 1 unspecified atom stereocenters. The number of sulfonamides is 1. The third-order valence-corrected chi connectivity index (χ3v) is 4.38. The molecule has 0 spiro atoms. The molecule has 19 heavy (non-hydrogen) atoms. The van der Waals surface area contributed by atoms with Crippen molar-refractivity contribution in [3.8, 4) is 0 Å². The van der Waals surface area contributed by atoms with Gasteiger partial charge in [-0.25, -0.2) is 17.5 Å². The average Bonchev–Trinajstić information content (AvgIpc) is 2.80. The number of nitro benzene ring substituents is 1. The van der Waals surface area contributed by atoms with Crippen LogP contribution in [0.3, 0.4) is 0 Å². The summed E-state index contributed by atoms with van der Waals surface area (Å²) in [4.78, 5) is 8.97. The first-order chi connectivity index (χ1) is 8.92. The highest BCUT2D eigenvalue weighted by atomic mass is 32.2. The third-order valence-electron chi connectivity index (χ3n) is 2.79. The summed E-state index contributed by atoms with van der Waals surface area (Å²) in [6, 6.07) is 2.56. The van der Waals surface area contributed by atoms with Gasteiger partial charge in [-0.15, -0.1) is 0 Å². The lowest BCUT2D eigenvalue weighted by Crippen LogP contribution is -2.36. The Kier molecular flexibility index (Phi) is 3.78. The maximum atomic E-state index is 13.6. The molecule has 0 amide bonds. The van der Waals surface area contributed by atoms with Crippen LogP contribution in [0.5, 0.6) is 0 Å². The molecule has 1 aliphatic rings. The summed E-state index contributed by atoms with van der Waals surface area (Å²) in [6.45, 7) is 1.06. The Morgan fingerprint density at radius 1 is 1.47 bits per heavy atom. The maximum Gasteiger partial charge on any atom is 0.292 e. The zero-order chi connectivity index (χ0) is 14.0. The summed E-state index contributed by atoms with van der Waals surface area (Å²) in [6.07, 6.45) is 0.557. The zero-order valence-electron chi connectivity index (χ0n) is 9.80. The molecule has 104 valence electrons. The summed E-state index contributed by atoms with van der Waals surface area (Å²) in [7, 11) is -4.26. The smallest absolute Gasteiger partial charge is 0.292 e. The predicted octanol–water partition coefficient (Wildman–Crippen LogP) is 0.374. The Bertz CT molecular complexity index is 599. The number of rotatable bonds is 4. The summed E-state index contributed by atoms with van der Waals surface area (Å²) in [5.41, 5.74) is -0.765. The van der Waals surface area contributed by atoms with Crippen LogP contribution in [0.25, 0.3) is 0 Å². The van der Waals surface area contributed by atoms with Gasteiger partial charge in [0.25, 0.3) is 15.7 Å². The van der Waals surface area contributed by atoms with Gasteiger partial charge in [0.2, 0.25) is 0 Å². The number of hydrogen-bond acceptors (Lipinski definition) is 5. The molecule has 1 aromatic rings. The van der Waals surface area contributed by atoms with Gasteiger partial charge in [0.15, 0.2) is 4.90 Å². The van der Waals surface area contributed by atoms with Crippen molar-refractivity contribution >= 4 is 15.7 Å². The van der Waals surface area contributed by atoms with E-state index in [2.05, 4.69) is 10.0 Å². The van der Waals surface area contributed by atoms with E-state index in [1.54, 1.807) is 0 Å². The van der Waals surface area contributed by atoms with Gasteiger partial charge in [0, 0.05) is 18.7 Å². The highest BCUT2D eigenvalue weighted by Crippen LogP contribution is 2.26. The second-order valence-electron chi connectivity index (χ2n) is 4.16. The number of nitro groups is 1. The van der Waals surface area contributed by atoms with Crippen LogP contribution in [0, 0.1) is 15.9 Å². The van der Waals surface area contributed by atoms with Crippen molar-refractivity contribution in [2.75, 3.05) is 13.1 Å². The van der Waals surface area contributed by atoms with Crippen molar-refractivity contribution in [3.63, 3.8) is 0 Å². The average molecular weight is 289 g/mol. The van der Waals surface area contributed by atoms with Crippen molar-refractivity contribution in [1.29, 1.82) is 0 Å². The topological polar surface area (TPSA) is 101 Å². The van der Waals surface area contributed by atoms with Gasteiger partial charge in [-0.05, 0) is 19.0 Å². The highest BCUT2D eigenvalue weighted by Gasteiger charge is 2.32. The minimum Gasteiger partial charge on any atom is -0.315 e. The number of halogens is 1. The fourth-order valence-corrected chi connectivity index (χ4v) is 3.44. The molecule has 0 aliphatic carbocycles. The molecule has 0 radical (unpaired) electrons. The molecule has 0 aromatic heterocycles. The first-order valence-electron chi connectivity index (χ1n) is 5.58. The highest BCUT2D eigenvalue weighted by molar-refractivity contribution is 7.89. The molecule has 1 heterocycles. The maximum absolute atomic E-state index is 13.6. The van der Waals surface area contributed by atoms with E-state index in [4.69, 9.17) is 0 Å². The van der Waals surface area contributed by atoms with Crippen LogP contribution >= 0.6 is 0 Å². The summed E-state index contributed by atoms with van der Waals surface area (Å²) >= 11 is 0. The quantitative estimate of drug-likeness (QED) is 0.616. The van der Waals surface area contributed by atoms with E-state index in [1.807, 2.05) is 0 Å². The van der Waals surface area contributed by atoms with Gasteiger partial charge in [0.1, 0.15) is 5.82 Å². The van der Waals surface area contributed by atoms with Crippen molar-refractivity contribution in [2.24, 2.45) is 0 Å². The number of hydrogen-bond donors (Lipinski definition) is 2. The standard InChI is InChI=1S/C10H12FN3O4S/c11-8-2-1-3-9(14(15)16)10(8)19(17,18)13-7-4-5-12-6-7/h1-3,7,12-13H,4-6H2. The second kappa shape index (κ2) is 5.19. The molecule has 7 nitrogen and oxygen atoms in total. The van der Waals surface area contributed by atoms with E-state index in [9.17, 15) is 22.9 Å². The van der Waals surface area contributed by atoms with Crippen LogP contribution in [-0.2, 0) is 10.0 Å². The third kappa shape index (κ3) is 2.88. The second-order valence-corrected chi connectivity index (χ2v) is 5.81. The van der Waals surface area contributed by atoms with Crippen LogP contribution in [-0.4, -0.2) is 32.5 Å². The lowest BCUT2D eigenvalue weighted by molar-refractivity contribution is -0.388. The Morgan fingerprint density at radius 3 is 2.79 bits per heavy atom. The molecular formula is C10H12FN3O4S. The monoisotopic (exact) mass is 289 g/mol. The van der Waals surface area contributed by atoms with Gasteiger partial charge in [0.05, 0.1) is 4.92 Å². The Morgan fingerprint density at radius 2 is 2.21 bits per heavy atom. The minimum absolute atomic E-state index is 0.385. The van der Waals surface area contributed by atoms with Gasteiger partial charge < -0.3 is 5.32 Å². The zero-order valence-corrected chi connectivity index (χ0v) is 10.6. The molecule has 1 aromatic carbocycles. The van der Waals surface area contributed by atoms with E-state index in [-0.39, 0.29) is 6.04 Å². The van der Waals surface area contributed by atoms with E-state index < -0.39 is 31.3 Å². The van der Waals surface area contributed by atoms with E-state index in [0.29, 0.717) is 19.5 Å². The van der Waals surface area contributed by atoms with E-state index in [1.165, 1.54) is 0 Å². The molecule has 0 bridgehead atoms. The normalized spacial score (nSPS) is 19.5. The summed E-state index contributed by atoms with van der Waals surface area (Å²) in [5.74, 6) is -1.13. The molecule has 9 heteroatoms. The fourth-order valence-electron chi connectivity index (χ4n) is 1.94.